The van der Waals surface area contributed by atoms with E-state index in [0.29, 0.717) is 33.8 Å². The van der Waals surface area contributed by atoms with E-state index in [2.05, 4.69) is 42.8 Å². The van der Waals surface area contributed by atoms with E-state index in [-0.39, 0.29) is 18.2 Å². The predicted molar refractivity (Wildman–Crippen MR) is 115 cm³/mol. The summed E-state index contributed by atoms with van der Waals surface area (Å²) in [5.41, 5.74) is 4.07. The van der Waals surface area contributed by atoms with Gasteiger partial charge in [0.2, 0.25) is 0 Å². The van der Waals surface area contributed by atoms with E-state index in [0.717, 1.165) is 17.5 Å². The Hall–Kier alpha value is -2.94. The summed E-state index contributed by atoms with van der Waals surface area (Å²) in [6.07, 6.45) is 5.98. The van der Waals surface area contributed by atoms with Crippen molar-refractivity contribution in [3.63, 3.8) is 0 Å². The Bertz CT molecular complexity index is 1230. The standard InChI is InChI=1S/C21H20BrFN6O/c1-4-13-6-14(9-24-8-13)19-27-18-12(3)26-21(30-5-2)28-20(18)29(19)11-17-16(23)7-15(22)10-25-17/h6-10H,4-5,11H2,1-3H3. The van der Waals surface area contributed by atoms with E-state index in [4.69, 9.17) is 9.72 Å². The average Bonchev–Trinajstić information content (AvgIpc) is 3.09. The molecule has 0 unspecified atom stereocenters. The maximum Gasteiger partial charge on any atom is 0.318 e. The van der Waals surface area contributed by atoms with E-state index in [1.807, 2.05) is 30.7 Å². The number of ether oxygens (including phenoxy) is 1. The van der Waals surface area contributed by atoms with E-state index in [1.165, 1.54) is 6.07 Å². The molecular weight excluding hydrogens is 451 g/mol. The molecule has 0 aliphatic rings. The third kappa shape index (κ3) is 3.89. The van der Waals surface area contributed by atoms with Crippen LogP contribution in [0.1, 0.15) is 30.8 Å². The molecular formula is C21H20BrFN6O. The van der Waals surface area contributed by atoms with Crippen LogP contribution in [0.2, 0.25) is 0 Å². The first kappa shape index (κ1) is 20.3. The summed E-state index contributed by atoms with van der Waals surface area (Å²) in [4.78, 5) is 22.3. The summed E-state index contributed by atoms with van der Waals surface area (Å²) in [5.74, 6) is 0.219. The number of nitrogens with zero attached hydrogens (tertiary/aromatic N) is 6. The normalized spacial score (nSPS) is 11.2. The Labute approximate surface area is 181 Å². The van der Waals surface area contributed by atoms with Crippen LogP contribution in [-0.2, 0) is 13.0 Å². The van der Waals surface area contributed by atoms with Gasteiger partial charge in [0.05, 0.1) is 24.5 Å². The smallest absolute Gasteiger partial charge is 0.318 e. The molecule has 0 amide bonds. The Morgan fingerprint density at radius 3 is 2.67 bits per heavy atom. The summed E-state index contributed by atoms with van der Waals surface area (Å²) in [6, 6.07) is 3.69. The van der Waals surface area contributed by atoms with Crippen LogP contribution >= 0.6 is 15.9 Å². The molecule has 154 valence electrons. The van der Waals surface area contributed by atoms with Crippen LogP contribution in [0.25, 0.3) is 22.6 Å². The number of aromatic nitrogens is 6. The predicted octanol–water partition coefficient (Wildman–Crippen LogP) is 4.50. The van der Waals surface area contributed by atoms with Crippen LogP contribution in [0.3, 0.4) is 0 Å². The molecule has 7 nitrogen and oxygen atoms in total. The van der Waals surface area contributed by atoms with Crippen molar-refractivity contribution in [1.82, 2.24) is 29.5 Å². The van der Waals surface area contributed by atoms with Crippen molar-refractivity contribution in [2.45, 2.75) is 33.7 Å². The quantitative estimate of drug-likeness (QED) is 0.412. The highest BCUT2D eigenvalue weighted by Crippen LogP contribution is 2.28. The molecule has 0 saturated carbocycles. The van der Waals surface area contributed by atoms with Gasteiger partial charge in [0.25, 0.3) is 0 Å². The molecule has 0 aliphatic carbocycles. The number of imidazole rings is 1. The zero-order valence-corrected chi connectivity index (χ0v) is 18.4. The Morgan fingerprint density at radius 1 is 1.10 bits per heavy atom. The number of halogens is 2. The highest BCUT2D eigenvalue weighted by atomic mass is 79.9. The van der Waals surface area contributed by atoms with Crippen LogP contribution in [-0.4, -0.2) is 36.1 Å². The minimum atomic E-state index is -0.409. The topological polar surface area (TPSA) is 78.6 Å². The summed E-state index contributed by atoms with van der Waals surface area (Å²) < 4.78 is 22.5. The number of hydrogen-bond donors (Lipinski definition) is 0. The lowest BCUT2D eigenvalue weighted by atomic mass is 10.1. The van der Waals surface area contributed by atoms with Crippen molar-refractivity contribution in [3.8, 4) is 17.4 Å². The van der Waals surface area contributed by atoms with Gasteiger partial charge in [0.1, 0.15) is 17.2 Å². The molecule has 0 bridgehead atoms. The Morgan fingerprint density at radius 2 is 1.93 bits per heavy atom. The van der Waals surface area contributed by atoms with Gasteiger partial charge in [-0.05, 0) is 53.9 Å². The van der Waals surface area contributed by atoms with Gasteiger partial charge in [-0.1, -0.05) is 6.92 Å². The third-order valence-electron chi connectivity index (χ3n) is 4.68. The van der Waals surface area contributed by atoms with E-state index in [9.17, 15) is 4.39 Å². The lowest BCUT2D eigenvalue weighted by Gasteiger charge is -2.10. The van der Waals surface area contributed by atoms with Crippen molar-refractivity contribution in [1.29, 1.82) is 0 Å². The van der Waals surface area contributed by atoms with Crippen LogP contribution < -0.4 is 4.74 Å². The second-order valence-corrected chi connectivity index (χ2v) is 7.65. The number of fused-ring (bicyclic) bond motifs is 1. The van der Waals surface area contributed by atoms with Gasteiger partial charge in [-0.15, -0.1) is 0 Å². The second kappa shape index (κ2) is 8.43. The molecule has 4 aromatic rings. The van der Waals surface area contributed by atoms with Gasteiger partial charge >= 0.3 is 6.01 Å². The molecule has 0 aromatic carbocycles. The SMILES string of the molecule is CCOc1nc(C)c2nc(-c3cncc(CC)c3)n(Cc3ncc(Br)cc3F)c2n1. The number of aryl methyl sites for hydroxylation is 2. The molecule has 30 heavy (non-hydrogen) atoms. The summed E-state index contributed by atoms with van der Waals surface area (Å²) in [6.45, 7) is 6.39. The molecule has 4 heterocycles. The lowest BCUT2D eigenvalue weighted by Crippen LogP contribution is -2.08. The summed E-state index contributed by atoms with van der Waals surface area (Å²) in [5, 5.41) is 0. The molecule has 0 fully saturated rings. The minimum Gasteiger partial charge on any atom is -0.464 e. The molecule has 4 aromatic heterocycles. The fourth-order valence-electron chi connectivity index (χ4n) is 3.19. The minimum absolute atomic E-state index is 0.156. The first-order chi connectivity index (χ1) is 14.5. The largest absolute Gasteiger partial charge is 0.464 e. The van der Waals surface area contributed by atoms with Gasteiger partial charge < -0.3 is 9.30 Å². The lowest BCUT2D eigenvalue weighted by molar-refractivity contribution is 0.313. The fraction of sp³-hybridized carbons (Fsp3) is 0.286. The van der Waals surface area contributed by atoms with Crippen molar-refractivity contribution in [3.05, 3.63) is 58.0 Å². The van der Waals surface area contributed by atoms with Gasteiger partial charge in [0.15, 0.2) is 5.65 Å². The number of pyridine rings is 2. The first-order valence-electron chi connectivity index (χ1n) is 9.62. The van der Waals surface area contributed by atoms with Crippen molar-refractivity contribution < 1.29 is 9.13 Å². The highest BCUT2D eigenvalue weighted by molar-refractivity contribution is 9.10. The van der Waals surface area contributed by atoms with E-state index < -0.39 is 5.82 Å². The summed E-state index contributed by atoms with van der Waals surface area (Å²) >= 11 is 3.25. The fourth-order valence-corrected chi connectivity index (χ4v) is 3.49. The number of hydrogen-bond acceptors (Lipinski definition) is 6. The van der Waals surface area contributed by atoms with Gasteiger partial charge in [0, 0.05) is 28.6 Å². The van der Waals surface area contributed by atoms with Crippen molar-refractivity contribution >= 4 is 27.1 Å². The molecule has 0 saturated heterocycles. The zero-order chi connectivity index (χ0) is 21.3. The monoisotopic (exact) mass is 470 g/mol. The zero-order valence-electron chi connectivity index (χ0n) is 16.9. The molecule has 0 spiro atoms. The van der Waals surface area contributed by atoms with Gasteiger partial charge in [-0.3, -0.25) is 9.97 Å². The van der Waals surface area contributed by atoms with Crippen molar-refractivity contribution in [2.75, 3.05) is 6.61 Å². The first-order valence-corrected chi connectivity index (χ1v) is 10.4. The van der Waals surface area contributed by atoms with Crippen LogP contribution in [0, 0.1) is 12.7 Å². The molecule has 0 radical (unpaired) electrons. The second-order valence-electron chi connectivity index (χ2n) is 6.74. The van der Waals surface area contributed by atoms with E-state index in [1.54, 1.807) is 12.4 Å². The highest BCUT2D eigenvalue weighted by Gasteiger charge is 2.20. The van der Waals surface area contributed by atoms with Crippen LogP contribution in [0.15, 0.2) is 35.2 Å². The molecule has 4 rings (SSSR count). The average molecular weight is 471 g/mol. The van der Waals surface area contributed by atoms with E-state index >= 15 is 0 Å². The van der Waals surface area contributed by atoms with Gasteiger partial charge in [-0.2, -0.15) is 9.97 Å². The third-order valence-corrected chi connectivity index (χ3v) is 5.11. The molecule has 9 heteroatoms. The van der Waals surface area contributed by atoms with Crippen LogP contribution in [0.4, 0.5) is 4.39 Å². The Kier molecular flexibility index (Phi) is 5.72. The maximum atomic E-state index is 14.6. The molecule has 0 atom stereocenters. The Balaban J connectivity index is 1.95. The molecule has 0 N–H and O–H groups in total. The van der Waals surface area contributed by atoms with Crippen LogP contribution in [0.5, 0.6) is 6.01 Å². The maximum absolute atomic E-state index is 14.6. The number of rotatable bonds is 6. The van der Waals surface area contributed by atoms with Crippen molar-refractivity contribution in [2.24, 2.45) is 0 Å². The summed E-state index contributed by atoms with van der Waals surface area (Å²) in [7, 11) is 0. The van der Waals surface area contributed by atoms with Gasteiger partial charge in [-0.25, -0.2) is 9.37 Å². The molecule has 0 aliphatic heterocycles.